The van der Waals surface area contributed by atoms with Crippen LogP contribution in [0.15, 0.2) is 104 Å². The van der Waals surface area contributed by atoms with Crippen molar-refractivity contribution in [1.82, 2.24) is 4.90 Å². The molecule has 35 heavy (non-hydrogen) atoms. The third-order valence-corrected chi connectivity index (χ3v) is 5.32. The van der Waals surface area contributed by atoms with Crippen molar-refractivity contribution in [2.24, 2.45) is 0 Å². The molecule has 1 aliphatic heterocycles. The summed E-state index contributed by atoms with van der Waals surface area (Å²) in [6.07, 6.45) is 14.1. The summed E-state index contributed by atoms with van der Waals surface area (Å²) in [7, 11) is 1.59. The fraction of sp³-hybridized carbons (Fsp3) is 0.0370. The third-order valence-electron chi connectivity index (χ3n) is 5.32. The molecule has 174 valence electrons. The normalized spacial score (nSPS) is 13.0. The van der Waals surface area contributed by atoms with Crippen LogP contribution in [0.2, 0.25) is 0 Å². The van der Waals surface area contributed by atoms with E-state index in [2.05, 4.69) is 0 Å². The van der Waals surface area contributed by atoms with Crippen LogP contribution >= 0.6 is 0 Å². The van der Waals surface area contributed by atoms with E-state index in [0.717, 1.165) is 16.5 Å². The number of hydrogen-bond donors (Lipinski definition) is 1. The molecule has 1 aliphatic rings. The van der Waals surface area contributed by atoms with Gasteiger partial charge in [0.15, 0.2) is 12.4 Å². The number of aliphatic hydroxyl groups is 1. The number of ether oxygens (including phenoxy) is 1. The van der Waals surface area contributed by atoms with Gasteiger partial charge in [0, 0.05) is 47.8 Å². The Morgan fingerprint density at radius 2 is 1.57 bits per heavy atom. The Labute approximate surface area is 201 Å². The summed E-state index contributed by atoms with van der Waals surface area (Å²) in [5.41, 5.74) is 1.95. The molecule has 8 nitrogen and oxygen atoms in total. The first-order valence-corrected chi connectivity index (χ1v) is 10.6. The highest BCUT2D eigenvalue weighted by Gasteiger charge is 2.10. The van der Waals surface area contributed by atoms with Crippen LogP contribution in [0.3, 0.4) is 0 Å². The van der Waals surface area contributed by atoms with Crippen LogP contribution in [0.4, 0.5) is 5.69 Å². The van der Waals surface area contributed by atoms with Gasteiger partial charge < -0.3 is 14.7 Å². The molecule has 8 heteroatoms. The molecule has 1 N–H and O–H groups in total. The molecule has 0 saturated carbocycles. The summed E-state index contributed by atoms with van der Waals surface area (Å²) in [4.78, 5) is 24.4. The number of hydrogen-bond acceptors (Lipinski definition) is 6. The van der Waals surface area contributed by atoms with Crippen molar-refractivity contribution < 1.29 is 23.8 Å². The largest absolute Gasteiger partial charge is 0.506 e. The molecule has 0 amide bonds. The van der Waals surface area contributed by atoms with E-state index in [9.17, 15) is 20.0 Å². The van der Waals surface area contributed by atoms with Gasteiger partial charge in [0.05, 0.1) is 18.2 Å². The zero-order valence-electron chi connectivity index (χ0n) is 18.8. The standard InChI is InChI=1S/C27H21N3O5/c1-35-25-8-4-23(5-9-25)27(32)19-29-16-12-21(13-17-29)20-10-14-28(15-11-20)18-26(31)22-2-6-24(7-3-22)30(33)34/h2-19H,1H3/p+1/b27-19+. The van der Waals surface area contributed by atoms with Gasteiger partial charge in [-0.05, 0) is 59.3 Å². The monoisotopic (exact) mass is 468 g/mol. The number of aromatic nitrogens is 1. The highest BCUT2D eigenvalue weighted by atomic mass is 16.6. The second-order valence-corrected chi connectivity index (χ2v) is 7.61. The summed E-state index contributed by atoms with van der Waals surface area (Å²) < 4.78 is 6.76. The van der Waals surface area contributed by atoms with E-state index in [0.29, 0.717) is 11.1 Å². The Bertz CT molecular complexity index is 1430. The van der Waals surface area contributed by atoms with Gasteiger partial charge in [-0.1, -0.05) is 0 Å². The number of nitro benzene ring substituents is 1. The molecule has 4 rings (SSSR count). The van der Waals surface area contributed by atoms with Crippen molar-refractivity contribution in [2.75, 3.05) is 7.11 Å². The van der Waals surface area contributed by atoms with Gasteiger partial charge in [0.1, 0.15) is 11.5 Å². The molecule has 0 bridgehead atoms. The molecule has 2 aromatic carbocycles. The molecular weight excluding hydrogens is 446 g/mol. The quantitative estimate of drug-likeness (QED) is 0.194. The van der Waals surface area contributed by atoms with E-state index in [1.165, 1.54) is 30.5 Å². The van der Waals surface area contributed by atoms with E-state index < -0.39 is 4.92 Å². The molecule has 1 aromatic heterocycles. The number of allylic oxidation sites excluding steroid dienone is 2. The second-order valence-electron chi connectivity index (χ2n) is 7.61. The van der Waals surface area contributed by atoms with Crippen LogP contribution in [-0.4, -0.2) is 27.8 Å². The van der Waals surface area contributed by atoms with E-state index >= 15 is 0 Å². The van der Waals surface area contributed by atoms with E-state index in [1.54, 1.807) is 59.1 Å². The first-order valence-electron chi connectivity index (χ1n) is 10.6. The maximum absolute atomic E-state index is 12.4. The van der Waals surface area contributed by atoms with Crippen LogP contribution in [0.5, 0.6) is 5.75 Å². The highest BCUT2D eigenvalue weighted by Crippen LogP contribution is 2.19. The molecular formula is C27H22N3O5+. The van der Waals surface area contributed by atoms with Crippen LogP contribution in [0.25, 0.3) is 11.3 Å². The zero-order chi connectivity index (χ0) is 24.8. The first kappa shape index (κ1) is 23.2. The first-order chi connectivity index (χ1) is 16.9. The number of methoxy groups -OCH3 is 1. The number of aliphatic hydroxyl groups excluding tert-OH is 1. The summed E-state index contributed by atoms with van der Waals surface area (Å²) in [6.45, 7) is 0. The Morgan fingerprint density at radius 1 is 0.971 bits per heavy atom. The number of pyridine rings is 1. The number of benzene rings is 2. The lowest BCUT2D eigenvalue weighted by Crippen LogP contribution is -2.22. The Hall–Kier alpha value is -4.98. The summed E-state index contributed by atoms with van der Waals surface area (Å²) >= 11 is 0. The number of carbonyl (C=O) groups excluding carboxylic acids is 1. The molecule has 0 radical (unpaired) electrons. The average molecular weight is 468 g/mol. The smallest absolute Gasteiger partial charge is 0.269 e. The predicted octanol–water partition coefficient (Wildman–Crippen LogP) is 3.83. The van der Waals surface area contributed by atoms with Gasteiger partial charge in [0.25, 0.3) is 5.69 Å². The fourth-order valence-electron chi connectivity index (χ4n) is 3.37. The Kier molecular flexibility index (Phi) is 6.83. The van der Waals surface area contributed by atoms with Gasteiger partial charge in [-0.3, -0.25) is 14.9 Å². The van der Waals surface area contributed by atoms with Crippen LogP contribution in [-0.2, 0) is 0 Å². The topological polar surface area (TPSA) is 98.8 Å². The lowest BCUT2D eigenvalue weighted by molar-refractivity contribution is -0.505. The van der Waals surface area contributed by atoms with Crippen molar-refractivity contribution in [1.29, 1.82) is 0 Å². The molecule has 3 aromatic rings. The zero-order valence-corrected chi connectivity index (χ0v) is 18.8. The van der Waals surface area contributed by atoms with Gasteiger partial charge in [-0.25, -0.2) is 0 Å². The number of rotatable bonds is 6. The van der Waals surface area contributed by atoms with Crippen LogP contribution in [0.1, 0.15) is 15.9 Å². The molecule has 0 saturated heterocycles. The summed E-state index contributed by atoms with van der Waals surface area (Å²) in [5, 5.41) is 22.1. The van der Waals surface area contributed by atoms with Gasteiger partial charge in [-0.2, -0.15) is 4.24 Å². The number of nitro groups is 1. The summed E-state index contributed by atoms with van der Waals surface area (Å²) in [5.74, 6) is 0.581. The minimum atomic E-state index is -0.504. The minimum absolute atomic E-state index is 0.0610. The number of Topliss-reactive ketones (excluding diaryl/α,β-unsaturated/α-hetero) is 1. The molecule has 0 unspecified atom stereocenters. The predicted molar refractivity (Wildman–Crippen MR) is 131 cm³/mol. The maximum Gasteiger partial charge on any atom is 0.269 e. The average Bonchev–Trinajstić information content (AvgIpc) is 2.89. The van der Waals surface area contributed by atoms with Crippen molar-refractivity contribution >= 4 is 22.8 Å². The summed E-state index contributed by atoms with van der Waals surface area (Å²) in [6, 6.07) is 16.4. The third kappa shape index (κ3) is 5.69. The molecule has 0 spiro atoms. The maximum atomic E-state index is 12.4. The lowest BCUT2D eigenvalue weighted by atomic mass is 10.1. The Morgan fingerprint density at radius 3 is 2.14 bits per heavy atom. The number of carbonyl (C=O) groups is 1. The lowest BCUT2D eigenvalue weighted by Gasteiger charge is -2.15. The second kappa shape index (κ2) is 10.3. The molecule has 0 atom stereocenters. The number of non-ortho nitro benzene ring substituents is 1. The minimum Gasteiger partial charge on any atom is -0.506 e. The number of ketones is 1. The number of nitrogens with zero attached hydrogens (tertiary/aromatic N) is 3. The van der Waals surface area contributed by atoms with E-state index in [4.69, 9.17) is 4.74 Å². The van der Waals surface area contributed by atoms with E-state index in [-0.39, 0.29) is 17.2 Å². The molecule has 0 aliphatic carbocycles. The van der Waals surface area contributed by atoms with Gasteiger partial charge >= 0.3 is 0 Å². The van der Waals surface area contributed by atoms with Crippen molar-refractivity contribution in [3.05, 3.63) is 136 Å². The van der Waals surface area contributed by atoms with Crippen LogP contribution < -0.4 is 14.2 Å². The fourth-order valence-corrected chi connectivity index (χ4v) is 3.37. The van der Waals surface area contributed by atoms with Crippen molar-refractivity contribution in [3.63, 3.8) is 0 Å². The van der Waals surface area contributed by atoms with Crippen molar-refractivity contribution in [2.45, 2.75) is 0 Å². The highest BCUT2D eigenvalue weighted by molar-refractivity contribution is 6.00. The van der Waals surface area contributed by atoms with E-state index in [1.807, 2.05) is 36.7 Å². The van der Waals surface area contributed by atoms with Crippen molar-refractivity contribution in [3.8, 4) is 5.75 Å². The van der Waals surface area contributed by atoms with Gasteiger partial charge in [-0.15, -0.1) is 0 Å². The molecule has 0 fully saturated rings. The molecule has 2 heterocycles. The van der Waals surface area contributed by atoms with Gasteiger partial charge in [0.2, 0.25) is 12.0 Å². The van der Waals surface area contributed by atoms with Crippen LogP contribution in [0, 0.1) is 16.3 Å². The SMILES string of the molecule is COc1ccc(/C(O)=C\N2C=CC(=c3cc[n+](=CC(=O)c4ccc([N+](=O)[O-])cc4)cc3)C=C2)cc1. The Balaban J connectivity index is 1.47.